The largest absolute Gasteiger partial charge is 0.391 e. The molecule has 0 aromatic heterocycles. The molecule has 66 valence electrons. The molecular weight excluding hydrogens is 150 g/mol. The lowest BCUT2D eigenvalue weighted by atomic mass is 10.0. The number of nitrogens with two attached hydrogens (primary N) is 1. The summed E-state index contributed by atoms with van der Waals surface area (Å²) in [6.07, 6.45) is -0.494. The zero-order valence-corrected chi connectivity index (χ0v) is 7.49. The Kier molecular flexibility index (Phi) is 2.84. The molecular formula is C10H15NO. The lowest BCUT2D eigenvalue weighted by Crippen LogP contribution is -2.23. The van der Waals surface area contributed by atoms with E-state index in [1.807, 2.05) is 31.2 Å². The molecule has 0 heterocycles. The molecule has 0 saturated carbocycles. The monoisotopic (exact) mass is 165 g/mol. The number of rotatable bonds is 2. The van der Waals surface area contributed by atoms with Crippen LogP contribution in [0.2, 0.25) is 0 Å². The Bertz CT molecular complexity index is 258. The summed E-state index contributed by atoms with van der Waals surface area (Å²) in [6.45, 7) is 3.71. The second-order valence-corrected chi connectivity index (χ2v) is 3.18. The number of hydrogen-bond donors (Lipinski definition) is 2. The predicted octanol–water partition coefficient (Wildman–Crippen LogP) is 1.38. The van der Waals surface area contributed by atoms with Gasteiger partial charge in [0, 0.05) is 0 Å². The highest BCUT2D eigenvalue weighted by Gasteiger charge is 2.10. The lowest BCUT2D eigenvalue weighted by Gasteiger charge is -2.15. The molecule has 1 aromatic carbocycles. The minimum atomic E-state index is -0.494. The van der Waals surface area contributed by atoms with Gasteiger partial charge in [-0.15, -0.1) is 0 Å². The highest BCUT2D eigenvalue weighted by molar-refractivity contribution is 5.25. The van der Waals surface area contributed by atoms with E-state index >= 15 is 0 Å². The van der Waals surface area contributed by atoms with Crippen LogP contribution in [0.5, 0.6) is 0 Å². The molecule has 0 radical (unpaired) electrons. The van der Waals surface area contributed by atoms with Crippen molar-refractivity contribution in [3.8, 4) is 0 Å². The topological polar surface area (TPSA) is 46.2 Å². The van der Waals surface area contributed by atoms with Crippen LogP contribution < -0.4 is 5.73 Å². The van der Waals surface area contributed by atoms with Crippen molar-refractivity contribution in [1.29, 1.82) is 0 Å². The van der Waals surface area contributed by atoms with Crippen molar-refractivity contribution in [1.82, 2.24) is 0 Å². The molecule has 0 aliphatic heterocycles. The van der Waals surface area contributed by atoms with Gasteiger partial charge in [0.15, 0.2) is 0 Å². The molecule has 1 aromatic rings. The summed E-state index contributed by atoms with van der Waals surface area (Å²) < 4.78 is 0. The summed E-state index contributed by atoms with van der Waals surface area (Å²) >= 11 is 0. The number of hydrogen-bond acceptors (Lipinski definition) is 2. The summed E-state index contributed by atoms with van der Waals surface area (Å²) in [5.41, 5.74) is 7.92. The first-order valence-electron chi connectivity index (χ1n) is 4.11. The van der Waals surface area contributed by atoms with Gasteiger partial charge in [0.1, 0.15) is 0 Å². The maximum absolute atomic E-state index is 9.24. The summed E-state index contributed by atoms with van der Waals surface area (Å²) in [6, 6.07) is 7.62. The Hall–Kier alpha value is -0.860. The van der Waals surface area contributed by atoms with Crippen molar-refractivity contribution in [3.63, 3.8) is 0 Å². The molecule has 0 unspecified atom stereocenters. The zero-order chi connectivity index (χ0) is 9.14. The quantitative estimate of drug-likeness (QED) is 0.695. The number of aliphatic hydroxyl groups is 1. The van der Waals surface area contributed by atoms with Gasteiger partial charge in [0.05, 0.1) is 12.1 Å². The molecule has 1 rings (SSSR count). The maximum atomic E-state index is 9.24. The first-order valence-corrected chi connectivity index (χ1v) is 4.11. The van der Waals surface area contributed by atoms with Gasteiger partial charge < -0.3 is 10.8 Å². The highest BCUT2D eigenvalue weighted by Crippen LogP contribution is 2.14. The molecule has 12 heavy (non-hydrogen) atoms. The maximum Gasteiger partial charge on any atom is 0.0704 e. The van der Waals surface area contributed by atoms with Crippen molar-refractivity contribution in [2.45, 2.75) is 26.0 Å². The Morgan fingerprint density at radius 3 is 2.58 bits per heavy atom. The summed E-state index contributed by atoms with van der Waals surface area (Å²) in [4.78, 5) is 0. The predicted molar refractivity (Wildman–Crippen MR) is 49.8 cm³/mol. The average molecular weight is 165 g/mol. The minimum absolute atomic E-state index is 0.273. The Morgan fingerprint density at radius 1 is 1.42 bits per heavy atom. The van der Waals surface area contributed by atoms with Crippen molar-refractivity contribution in [2.75, 3.05) is 0 Å². The molecule has 0 saturated heterocycles. The third kappa shape index (κ3) is 2.06. The Balaban J connectivity index is 2.88. The van der Waals surface area contributed by atoms with Crippen LogP contribution in [0.4, 0.5) is 0 Å². The van der Waals surface area contributed by atoms with E-state index in [0.717, 1.165) is 5.56 Å². The summed E-state index contributed by atoms with van der Waals surface area (Å²) in [7, 11) is 0. The molecule has 0 amide bonds. The minimum Gasteiger partial charge on any atom is -0.391 e. The van der Waals surface area contributed by atoms with Crippen LogP contribution in [0, 0.1) is 6.92 Å². The van der Waals surface area contributed by atoms with Gasteiger partial charge >= 0.3 is 0 Å². The van der Waals surface area contributed by atoms with Gasteiger partial charge in [-0.2, -0.15) is 0 Å². The third-order valence-corrected chi connectivity index (χ3v) is 1.95. The van der Waals surface area contributed by atoms with E-state index in [1.165, 1.54) is 5.56 Å². The number of aliphatic hydroxyl groups excluding tert-OH is 1. The fourth-order valence-corrected chi connectivity index (χ4v) is 1.16. The highest BCUT2D eigenvalue weighted by atomic mass is 16.3. The molecule has 0 aliphatic carbocycles. The summed E-state index contributed by atoms with van der Waals surface area (Å²) in [5, 5.41) is 9.24. The second kappa shape index (κ2) is 3.70. The van der Waals surface area contributed by atoms with Gasteiger partial charge in [-0.05, 0) is 19.4 Å². The third-order valence-electron chi connectivity index (χ3n) is 1.95. The fourth-order valence-electron chi connectivity index (χ4n) is 1.16. The molecule has 2 nitrogen and oxygen atoms in total. The van der Waals surface area contributed by atoms with E-state index in [4.69, 9.17) is 5.73 Å². The van der Waals surface area contributed by atoms with Gasteiger partial charge in [0.2, 0.25) is 0 Å². The summed E-state index contributed by atoms with van der Waals surface area (Å²) in [5.74, 6) is 0. The molecule has 0 bridgehead atoms. The van der Waals surface area contributed by atoms with E-state index in [1.54, 1.807) is 6.92 Å². The van der Waals surface area contributed by atoms with E-state index in [0.29, 0.717) is 0 Å². The lowest BCUT2D eigenvalue weighted by molar-refractivity contribution is 0.164. The molecule has 2 heteroatoms. The van der Waals surface area contributed by atoms with E-state index < -0.39 is 6.10 Å². The van der Waals surface area contributed by atoms with Gasteiger partial charge in [0.25, 0.3) is 0 Å². The average Bonchev–Trinajstić information content (AvgIpc) is 2.03. The van der Waals surface area contributed by atoms with E-state index in [-0.39, 0.29) is 6.04 Å². The Morgan fingerprint density at radius 2 is 2.08 bits per heavy atom. The molecule has 0 fully saturated rings. The molecule has 0 aliphatic rings. The molecule has 2 atom stereocenters. The van der Waals surface area contributed by atoms with Gasteiger partial charge in [-0.3, -0.25) is 0 Å². The SMILES string of the molecule is Cc1cccc([C@H](N)[C@H](C)O)c1. The van der Waals surface area contributed by atoms with E-state index in [9.17, 15) is 5.11 Å². The van der Waals surface area contributed by atoms with E-state index in [2.05, 4.69) is 0 Å². The Labute approximate surface area is 73.0 Å². The van der Waals surface area contributed by atoms with Crippen LogP contribution in [-0.4, -0.2) is 11.2 Å². The van der Waals surface area contributed by atoms with Crippen LogP contribution in [-0.2, 0) is 0 Å². The van der Waals surface area contributed by atoms with Crippen molar-refractivity contribution < 1.29 is 5.11 Å². The zero-order valence-electron chi connectivity index (χ0n) is 7.49. The molecule has 3 N–H and O–H groups in total. The van der Waals surface area contributed by atoms with Crippen LogP contribution in [0.1, 0.15) is 24.1 Å². The second-order valence-electron chi connectivity index (χ2n) is 3.18. The van der Waals surface area contributed by atoms with Crippen molar-refractivity contribution >= 4 is 0 Å². The van der Waals surface area contributed by atoms with Crippen LogP contribution in [0.25, 0.3) is 0 Å². The molecule has 0 spiro atoms. The smallest absolute Gasteiger partial charge is 0.0704 e. The normalized spacial score (nSPS) is 15.7. The van der Waals surface area contributed by atoms with Crippen LogP contribution in [0.15, 0.2) is 24.3 Å². The standard InChI is InChI=1S/C10H15NO/c1-7-4-3-5-9(6-7)10(11)8(2)12/h3-6,8,10,12H,11H2,1-2H3/t8-,10+/m0/s1. The van der Waals surface area contributed by atoms with Crippen molar-refractivity contribution in [2.24, 2.45) is 5.73 Å². The fraction of sp³-hybridized carbons (Fsp3) is 0.400. The first kappa shape index (κ1) is 9.23. The number of aryl methyl sites for hydroxylation is 1. The first-order chi connectivity index (χ1) is 5.61. The van der Waals surface area contributed by atoms with Gasteiger partial charge in [-0.25, -0.2) is 0 Å². The van der Waals surface area contributed by atoms with Gasteiger partial charge in [-0.1, -0.05) is 29.8 Å². The van der Waals surface area contributed by atoms with Crippen LogP contribution >= 0.6 is 0 Å². The van der Waals surface area contributed by atoms with Crippen molar-refractivity contribution in [3.05, 3.63) is 35.4 Å². The number of benzene rings is 1. The van der Waals surface area contributed by atoms with Crippen LogP contribution in [0.3, 0.4) is 0 Å².